The number of carbonyl (C=O) groups excluding carboxylic acids is 1. The lowest BCUT2D eigenvalue weighted by atomic mass is 10.3. The summed E-state index contributed by atoms with van der Waals surface area (Å²) >= 11 is 0. The van der Waals surface area contributed by atoms with Crippen LogP contribution in [0, 0.1) is 0 Å². The monoisotopic (exact) mass is 269 g/mol. The van der Waals surface area contributed by atoms with Crippen LogP contribution in [0.1, 0.15) is 13.3 Å². The molecule has 0 bridgehead atoms. The predicted molar refractivity (Wildman–Crippen MR) is 73.1 cm³/mol. The molecule has 1 N–H and O–H groups in total. The molecule has 0 aromatic heterocycles. The normalized spacial score (nSPS) is 16.2. The smallest absolute Gasteiger partial charge is 0.323 e. The average molecular weight is 269 g/mol. The van der Waals surface area contributed by atoms with Gasteiger partial charge in [-0.3, -0.25) is 9.69 Å². The van der Waals surface area contributed by atoms with Crippen LogP contribution >= 0.6 is 0 Å². The molecule has 1 aliphatic rings. The first-order valence-electron chi connectivity index (χ1n) is 6.67. The van der Waals surface area contributed by atoms with Crippen LogP contribution in [-0.2, 0) is 4.79 Å². The van der Waals surface area contributed by atoms with E-state index in [1.54, 1.807) is 11.0 Å². The Hall–Kier alpha value is -1.56. The van der Waals surface area contributed by atoms with E-state index in [9.17, 15) is 9.59 Å². The van der Waals surface area contributed by atoms with Crippen LogP contribution in [-0.4, -0.2) is 77.6 Å². The first-order valence-corrected chi connectivity index (χ1v) is 6.67. The zero-order valence-corrected chi connectivity index (χ0v) is 11.5. The summed E-state index contributed by atoms with van der Waals surface area (Å²) in [6.07, 6.45) is 2.66. The summed E-state index contributed by atoms with van der Waals surface area (Å²) < 4.78 is 0. The number of amides is 2. The number of hydrogen-bond donors (Lipinski definition) is 1. The highest BCUT2D eigenvalue weighted by Gasteiger charge is 2.25. The number of hydrogen-bond acceptors (Lipinski definition) is 3. The van der Waals surface area contributed by atoms with Crippen molar-refractivity contribution in [3.63, 3.8) is 0 Å². The average Bonchev–Trinajstić information content (AvgIpc) is 2.38. The second kappa shape index (κ2) is 7.78. The van der Waals surface area contributed by atoms with Gasteiger partial charge in [0, 0.05) is 32.7 Å². The predicted octanol–water partition coefficient (Wildman–Crippen LogP) is 0.707. The fourth-order valence-electron chi connectivity index (χ4n) is 2.21. The third-order valence-electron chi connectivity index (χ3n) is 3.13. The summed E-state index contributed by atoms with van der Waals surface area (Å²) in [7, 11) is 0. The Morgan fingerprint density at radius 3 is 2.42 bits per heavy atom. The van der Waals surface area contributed by atoms with Crippen LogP contribution in [0.15, 0.2) is 12.7 Å². The highest BCUT2D eigenvalue weighted by molar-refractivity contribution is 5.80. The zero-order chi connectivity index (χ0) is 14.3. The summed E-state index contributed by atoms with van der Waals surface area (Å²) in [6, 6.07) is -0.210. The lowest BCUT2D eigenvalue weighted by molar-refractivity contribution is -0.137. The van der Waals surface area contributed by atoms with Gasteiger partial charge in [0.2, 0.25) is 0 Å². The fourth-order valence-corrected chi connectivity index (χ4v) is 2.21. The first kappa shape index (κ1) is 15.5. The topological polar surface area (TPSA) is 64.1 Å². The lowest BCUT2D eigenvalue weighted by Gasteiger charge is -2.36. The van der Waals surface area contributed by atoms with Gasteiger partial charge in [-0.05, 0) is 13.0 Å². The number of piperazine rings is 1. The van der Waals surface area contributed by atoms with Crippen LogP contribution in [0.2, 0.25) is 0 Å². The minimum atomic E-state index is -1.00. The van der Waals surface area contributed by atoms with Crippen molar-refractivity contribution in [1.29, 1.82) is 0 Å². The quantitative estimate of drug-likeness (QED) is 0.721. The molecule has 0 atom stereocenters. The molecule has 0 aromatic carbocycles. The van der Waals surface area contributed by atoms with E-state index in [-0.39, 0.29) is 19.1 Å². The summed E-state index contributed by atoms with van der Waals surface area (Å²) in [4.78, 5) is 28.3. The standard InChI is InChI=1S/C13H23N3O3/c1-3-5-14-7-9-15(10-8-14)13(19)16(6-4-2)11-12(17)18/h4H,2-3,5-11H2,1H3,(H,17,18). The molecule has 6 nitrogen and oxygen atoms in total. The molecule has 0 aromatic rings. The molecule has 6 heteroatoms. The van der Waals surface area contributed by atoms with Gasteiger partial charge in [0.05, 0.1) is 0 Å². The van der Waals surface area contributed by atoms with Crippen molar-refractivity contribution >= 4 is 12.0 Å². The summed E-state index contributed by atoms with van der Waals surface area (Å²) in [5.41, 5.74) is 0. The van der Waals surface area contributed by atoms with Gasteiger partial charge in [-0.1, -0.05) is 13.0 Å². The van der Waals surface area contributed by atoms with Gasteiger partial charge in [-0.2, -0.15) is 0 Å². The highest BCUT2D eigenvalue weighted by Crippen LogP contribution is 2.06. The highest BCUT2D eigenvalue weighted by atomic mass is 16.4. The van der Waals surface area contributed by atoms with Crippen molar-refractivity contribution in [2.24, 2.45) is 0 Å². The molecule has 0 unspecified atom stereocenters. The second-order valence-electron chi connectivity index (χ2n) is 4.67. The van der Waals surface area contributed by atoms with Crippen LogP contribution in [0.5, 0.6) is 0 Å². The summed E-state index contributed by atoms with van der Waals surface area (Å²) in [6.45, 7) is 9.76. The molecule has 0 aliphatic carbocycles. The van der Waals surface area contributed by atoms with Crippen LogP contribution in [0.3, 0.4) is 0 Å². The van der Waals surface area contributed by atoms with Gasteiger partial charge in [-0.25, -0.2) is 4.79 Å². The minimum absolute atomic E-state index is 0.210. The van der Waals surface area contributed by atoms with E-state index >= 15 is 0 Å². The van der Waals surface area contributed by atoms with Crippen molar-refractivity contribution in [2.75, 3.05) is 45.8 Å². The van der Waals surface area contributed by atoms with Gasteiger partial charge in [0.1, 0.15) is 6.54 Å². The molecule has 1 saturated heterocycles. The molecule has 1 heterocycles. The molecule has 0 saturated carbocycles. The maximum Gasteiger partial charge on any atom is 0.323 e. The van der Waals surface area contributed by atoms with Gasteiger partial charge in [0.15, 0.2) is 0 Å². The number of rotatable bonds is 6. The molecule has 1 rings (SSSR count). The van der Waals surface area contributed by atoms with Crippen molar-refractivity contribution in [3.8, 4) is 0 Å². The summed E-state index contributed by atoms with van der Waals surface area (Å²) in [5, 5.41) is 8.81. The number of carboxylic acids is 1. The van der Waals surface area contributed by atoms with Gasteiger partial charge >= 0.3 is 12.0 Å². The largest absolute Gasteiger partial charge is 0.480 e. The molecule has 0 radical (unpaired) electrons. The van der Waals surface area contributed by atoms with E-state index in [0.29, 0.717) is 13.1 Å². The molecular formula is C13H23N3O3. The fraction of sp³-hybridized carbons (Fsp3) is 0.692. The molecule has 108 valence electrons. The zero-order valence-electron chi connectivity index (χ0n) is 11.5. The van der Waals surface area contributed by atoms with Crippen molar-refractivity contribution in [3.05, 3.63) is 12.7 Å². The third-order valence-corrected chi connectivity index (χ3v) is 3.13. The maximum atomic E-state index is 12.2. The van der Waals surface area contributed by atoms with E-state index < -0.39 is 5.97 Å². The molecule has 0 spiro atoms. The molecule has 1 fully saturated rings. The Labute approximate surface area is 114 Å². The van der Waals surface area contributed by atoms with Crippen molar-refractivity contribution in [1.82, 2.24) is 14.7 Å². The van der Waals surface area contributed by atoms with E-state index in [2.05, 4.69) is 18.4 Å². The third kappa shape index (κ3) is 4.90. The molecular weight excluding hydrogens is 246 g/mol. The van der Waals surface area contributed by atoms with Gasteiger partial charge in [0.25, 0.3) is 0 Å². The Morgan fingerprint density at radius 1 is 1.32 bits per heavy atom. The SMILES string of the molecule is C=CCN(CC(=O)O)C(=O)N1CCN(CCC)CC1. The van der Waals surface area contributed by atoms with E-state index in [1.807, 2.05) is 0 Å². The molecule has 1 aliphatic heterocycles. The lowest BCUT2D eigenvalue weighted by Crippen LogP contribution is -2.53. The van der Waals surface area contributed by atoms with Crippen LogP contribution < -0.4 is 0 Å². The number of nitrogens with zero attached hydrogens (tertiary/aromatic N) is 3. The number of aliphatic carboxylic acids is 1. The molecule has 19 heavy (non-hydrogen) atoms. The van der Waals surface area contributed by atoms with Crippen LogP contribution in [0.4, 0.5) is 4.79 Å². The second-order valence-corrected chi connectivity index (χ2v) is 4.67. The van der Waals surface area contributed by atoms with Gasteiger partial charge < -0.3 is 14.9 Å². The summed E-state index contributed by atoms with van der Waals surface area (Å²) in [5.74, 6) is -1.00. The first-order chi connectivity index (χ1) is 9.08. The van der Waals surface area contributed by atoms with E-state index in [4.69, 9.17) is 5.11 Å². The Kier molecular flexibility index (Phi) is 6.35. The minimum Gasteiger partial charge on any atom is -0.480 e. The van der Waals surface area contributed by atoms with E-state index in [0.717, 1.165) is 26.1 Å². The number of carboxylic acid groups (broad SMARTS) is 1. The number of urea groups is 1. The van der Waals surface area contributed by atoms with Crippen molar-refractivity contribution < 1.29 is 14.7 Å². The Morgan fingerprint density at radius 2 is 1.95 bits per heavy atom. The Bertz CT molecular complexity index is 325. The van der Waals surface area contributed by atoms with Crippen LogP contribution in [0.25, 0.3) is 0 Å². The van der Waals surface area contributed by atoms with E-state index in [1.165, 1.54) is 4.90 Å². The van der Waals surface area contributed by atoms with Crippen molar-refractivity contribution in [2.45, 2.75) is 13.3 Å². The Balaban J connectivity index is 2.51. The number of carbonyl (C=O) groups is 2. The molecule has 2 amide bonds. The van der Waals surface area contributed by atoms with Gasteiger partial charge in [-0.15, -0.1) is 6.58 Å². The maximum absolute atomic E-state index is 12.2.